The number of hydrogen-bond donors (Lipinski definition) is 1. The first kappa shape index (κ1) is 12.6. The maximum absolute atomic E-state index is 12.6. The molecule has 2 aliphatic heterocycles. The van der Waals surface area contributed by atoms with Crippen LogP contribution in [0.3, 0.4) is 0 Å². The van der Waals surface area contributed by atoms with Crippen LogP contribution in [0.2, 0.25) is 0 Å². The number of hydrogen-bond acceptors (Lipinski definition) is 3. The molecule has 2 aliphatic rings. The highest BCUT2D eigenvalue weighted by atomic mass is 16.5. The van der Waals surface area contributed by atoms with Crippen LogP contribution in [0.15, 0.2) is 24.3 Å². The van der Waals surface area contributed by atoms with E-state index in [-0.39, 0.29) is 12.0 Å². The van der Waals surface area contributed by atoms with Gasteiger partial charge in [-0.2, -0.15) is 0 Å². The highest BCUT2D eigenvalue weighted by Crippen LogP contribution is 2.30. The van der Waals surface area contributed by atoms with Crippen LogP contribution >= 0.6 is 0 Å². The summed E-state index contributed by atoms with van der Waals surface area (Å²) in [5, 5.41) is 3.22. The molecule has 102 valence electrons. The lowest BCUT2D eigenvalue weighted by molar-refractivity contribution is -0.131. The average molecular weight is 260 g/mol. The molecule has 3 rings (SSSR count). The molecule has 0 aliphatic carbocycles. The third-order valence-corrected chi connectivity index (χ3v) is 3.81. The first-order valence-electron chi connectivity index (χ1n) is 6.97. The number of fused-ring (bicyclic) bond motifs is 1. The van der Waals surface area contributed by atoms with E-state index in [1.165, 1.54) is 5.56 Å². The minimum Gasteiger partial charge on any atom is -0.366 e. The lowest BCUT2D eigenvalue weighted by Crippen LogP contribution is -2.51. The quantitative estimate of drug-likeness (QED) is 0.825. The Morgan fingerprint density at radius 1 is 1.42 bits per heavy atom. The van der Waals surface area contributed by atoms with Crippen LogP contribution in [0.5, 0.6) is 0 Å². The fourth-order valence-electron chi connectivity index (χ4n) is 2.90. The zero-order valence-corrected chi connectivity index (χ0v) is 11.3. The van der Waals surface area contributed by atoms with Gasteiger partial charge < -0.3 is 15.0 Å². The number of morpholine rings is 1. The normalized spacial score (nSPS) is 26.9. The Kier molecular flexibility index (Phi) is 3.53. The molecular weight excluding hydrogens is 240 g/mol. The summed E-state index contributed by atoms with van der Waals surface area (Å²) in [7, 11) is 0. The molecule has 4 nitrogen and oxygen atoms in total. The molecule has 2 atom stereocenters. The average Bonchev–Trinajstić information content (AvgIpc) is 2.46. The highest BCUT2D eigenvalue weighted by Gasteiger charge is 2.32. The molecule has 4 heteroatoms. The van der Waals surface area contributed by atoms with Crippen molar-refractivity contribution in [3.8, 4) is 0 Å². The molecule has 19 heavy (non-hydrogen) atoms. The minimum atomic E-state index is -0.341. The maximum Gasteiger partial charge on any atom is 0.257 e. The Morgan fingerprint density at radius 3 is 3.05 bits per heavy atom. The van der Waals surface area contributed by atoms with Crippen LogP contribution in [-0.4, -0.2) is 38.3 Å². The summed E-state index contributed by atoms with van der Waals surface area (Å²) in [6, 6.07) is 8.19. The van der Waals surface area contributed by atoms with E-state index < -0.39 is 0 Å². The van der Waals surface area contributed by atoms with Crippen molar-refractivity contribution in [1.29, 1.82) is 0 Å². The number of nitrogens with one attached hydrogen (secondary N) is 1. The summed E-state index contributed by atoms with van der Waals surface area (Å²) in [4.78, 5) is 14.5. The van der Waals surface area contributed by atoms with Crippen LogP contribution in [0.1, 0.15) is 12.5 Å². The zero-order chi connectivity index (χ0) is 13.2. The largest absolute Gasteiger partial charge is 0.366 e. The fraction of sp³-hybridized carbons (Fsp3) is 0.533. The summed E-state index contributed by atoms with van der Waals surface area (Å²) in [6.45, 7) is 5.04. The van der Waals surface area contributed by atoms with Gasteiger partial charge in [0.1, 0.15) is 6.10 Å². The van der Waals surface area contributed by atoms with E-state index in [1.54, 1.807) is 0 Å². The highest BCUT2D eigenvalue weighted by molar-refractivity contribution is 5.97. The van der Waals surface area contributed by atoms with E-state index in [2.05, 4.69) is 18.3 Å². The molecule has 1 amide bonds. The van der Waals surface area contributed by atoms with Gasteiger partial charge in [0.05, 0.1) is 6.61 Å². The standard InChI is InChI=1S/C15H20N2O2/c1-11-8-12-4-2-3-5-13(12)17(10-11)15(18)14-9-16-6-7-19-14/h2-5,11,14,16H,6-10H2,1H3. The van der Waals surface area contributed by atoms with Crippen molar-refractivity contribution in [2.75, 3.05) is 31.1 Å². The fourth-order valence-corrected chi connectivity index (χ4v) is 2.90. The number of para-hydroxylation sites is 1. The Bertz CT molecular complexity index is 469. The van der Waals surface area contributed by atoms with Gasteiger partial charge in [0, 0.05) is 25.3 Å². The maximum atomic E-state index is 12.6. The van der Waals surface area contributed by atoms with Crippen molar-refractivity contribution < 1.29 is 9.53 Å². The van der Waals surface area contributed by atoms with Crippen LogP contribution in [0.25, 0.3) is 0 Å². The monoisotopic (exact) mass is 260 g/mol. The first-order valence-corrected chi connectivity index (χ1v) is 6.97. The van der Waals surface area contributed by atoms with Crippen molar-refractivity contribution in [3.05, 3.63) is 29.8 Å². The Labute approximate surface area is 113 Å². The van der Waals surface area contributed by atoms with Gasteiger partial charge in [0.15, 0.2) is 0 Å². The molecule has 1 saturated heterocycles. The van der Waals surface area contributed by atoms with Crippen molar-refractivity contribution in [2.24, 2.45) is 5.92 Å². The Morgan fingerprint density at radius 2 is 2.26 bits per heavy atom. The number of nitrogens with zero attached hydrogens (tertiary/aromatic N) is 1. The van der Waals surface area contributed by atoms with Crippen molar-refractivity contribution in [3.63, 3.8) is 0 Å². The second kappa shape index (κ2) is 5.31. The predicted molar refractivity (Wildman–Crippen MR) is 74.3 cm³/mol. The van der Waals surface area contributed by atoms with E-state index >= 15 is 0 Å². The first-order chi connectivity index (χ1) is 9.25. The molecule has 0 spiro atoms. The van der Waals surface area contributed by atoms with Gasteiger partial charge >= 0.3 is 0 Å². The summed E-state index contributed by atoms with van der Waals surface area (Å²) in [6.07, 6.45) is 0.705. The third kappa shape index (κ3) is 2.51. The van der Waals surface area contributed by atoms with E-state index in [1.807, 2.05) is 23.1 Å². The summed E-state index contributed by atoms with van der Waals surface area (Å²) in [5.41, 5.74) is 2.32. The lowest BCUT2D eigenvalue weighted by atomic mass is 9.93. The van der Waals surface area contributed by atoms with Crippen LogP contribution < -0.4 is 10.2 Å². The topological polar surface area (TPSA) is 41.6 Å². The summed E-state index contributed by atoms with van der Waals surface area (Å²) >= 11 is 0. The molecule has 1 aromatic rings. The number of anilines is 1. The van der Waals surface area contributed by atoms with Crippen LogP contribution in [-0.2, 0) is 16.0 Å². The molecular formula is C15H20N2O2. The third-order valence-electron chi connectivity index (χ3n) is 3.81. The van der Waals surface area contributed by atoms with Gasteiger partial charge in [-0.25, -0.2) is 0 Å². The summed E-state index contributed by atoms with van der Waals surface area (Å²) < 4.78 is 5.59. The van der Waals surface area contributed by atoms with Gasteiger partial charge in [-0.1, -0.05) is 25.1 Å². The molecule has 0 aromatic heterocycles. The van der Waals surface area contributed by atoms with E-state index in [0.717, 1.165) is 25.2 Å². The molecule has 2 heterocycles. The van der Waals surface area contributed by atoms with Crippen LogP contribution in [0, 0.1) is 5.92 Å². The summed E-state index contributed by atoms with van der Waals surface area (Å²) in [5.74, 6) is 0.585. The van der Waals surface area contributed by atoms with Gasteiger partial charge in [-0.3, -0.25) is 4.79 Å². The van der Waals surface area contributed by atoms with Gasteiger partial charge in [0.25, 0.3) is 5.91 Å². The van der Waals surface area contributed by atoms with E-state index in [9.17, 15) is 4.79 Å². The number of carbonyl (C=O) groups is 1. The number of benzene rings is 1. The molecule has 0 radical (unpaired) electrons. The molecule has 1 aromatic carbocycles. The van der Waals surface area contributed by atoms with Crippen molar-refractivity contribution in [2.45, 2.75) is 19.4 Å². The number of carbonyl (C=O) groups excluding carboxylic acids is 1. The second-order valence-corrected chi connectivity index (χ2v) is 5.45. The van der Waals surface area contributed by atoms with Gasteiger partial charge in [0.2, 0.25) is 0 Å². The predicted octanol–water partition coefficient (Wildman–Crippen LogP) is 1.20. The Hall–Kier alpha value is -1.39. The van der Waals surface area contributed by atoms with Crippen molar-refractivity contribution >= 4 is 11.6 Å². The molecule has 2 unspecified atom stereocenters. The molecule has 1 fully saturated rings. The molecule has 0 saturated carbocycles. The zero-order valence-electron chi connectivity index (χ0n) is 11.3. The van der Waals surface area contributed by atoms with E-state index in [0.29, 0.717) is 19.1 Å². The minimum absolute atomic E-state index is 0.0891. The number of amides is 1. The van der Waals surface area contributed by atoms with Gasteiger partial charge in [-0.15, -0.1) is 0 Å². The number of rotatable bonds is 1. The second-order valence-electron chi connectivity index (χ2n) is 5.45. The SMILES string of the molecule is CC1Cc2ccccc2N(C(=O)C2CNCCO2)C1. The van der Waals surface area contributed by atoms with E-state index in [4.69, 9.17) is 4.74 Å². The molecule has 0 bridgehead atoms. The Balaban J connectivity index is 1.85. The van der Waals surface area contributed by atoms with Crippen molar-refractivity contribution in [1.82, 2.24) is 5.32 Å². The molecule has 1 N–H and O–H groups in total. The number of ether oxygens (including phenoxy) is 1. The van der Waals surface area contributed by atoms with Gasteiger partial charge in [-0.05, 0) is 24.0 Å². The van der Waals surface area contributed by atoms with Crippen LogP contribution in [0.4, 0.5) is 5.69 Å². The lowest BCUT2D eigenvalue weighted by Gasteiger charge is -2.36. The smallest absolute Gasteiger partial charge is 0.257 e.